The van der Waals surface area contributed by atoms with Crippen LogP contribution in [0.25, 0.3) is 0 Å². The Labute approximate surface area is 79.4 Å². The van der Waals surface area contributed by atoms with Gasteiger partial charge >= 0.3 is 0 Å². The molecule has 0 bridgehead atoms. The SMILES string of the molecule is CN1CCC(c2cccc(N)c2)C1. The molecule has 0 saturated carbocycles. The van der Waals surface area contributed by atoms with Crippen molar-refractivity contribution in [2.24, 2.45) is 0 Å². The van der Waals surface area contributed by atoms with Crippen LogP contribution >= 0.6 is 0 Å². The molecule has 0 amide bonds. The van der Waals surface area contributed by atoms with Gasteiger partial charge in [-0.1, -0.05) is 12.1 Å². The van der Waals surface area contributed by atoms with E-state index in [0.717, 1.165) is 5.69 Å². The highest BCUT2D eigenvalue weighted by Crippen LogP contribution is 2.26. The van der Waals surface area contributed by atoms with Gasteiger partial charge in [0.1, 0.15) is 0 Å². The number of anilines is 1. The fourth-order valence-corrected chi connectivity index (χ4v) is 2.02. The second-order valence-electron chi connectivity index (χ2n) is 3.92. The number of hydrogen-bond acceptors (Lipinski definition) is 2. The molecule has 1 saturated heterocycles. The lowest BCUT2D eigenvalue weighted by Gasteiger charge is -2.10. The van der Waals surface area contributed by atoms with Crippen molar-refractivity contribution in [1.82, 2.24) is 4.90 Å². The summed E-state index contributed by atoms with van der Waals surface area (Å²) < 4.78 is 0. The molecule has 0 aliphatic carbocycles. The molecule has 0 aromatic heterocycles. The summed E-state index contributed by atoms with van der Waals surface area (Å²) in [6, 6.07) is 8.27. The molecule has 13 heavy (non-hydrogen) atoms. The van der Waals surface area contributed by atoms with Crippen molar-refractivity contribution in [2.75, 3.05) is 25.9 Å². The molecule has 1 aliphatic rings. The van der Waals surface area contributed by atoms with Crippen molar-refractivity contribution in [3.63, 3.8) is 0 Å². The van der Waals surface area contributed by atoms with Crippen LogP contribution in [-0.4, -0.2) is 25.0 Å². The van der Waals surface area contributed by atoms with Crippen molar-refractivity contribution in [3.8, 4) is 0 Å². The van der Waals surface area contributed by atoms with Crippen LogP contribution in [0.2, 0.25) is 0 Å². The number of nitrogen functional groups attached to an aromatic ring is 1. The van der Waals surface area contributed by atoms with Crippen LogP contribution in [0.15, 0.2) is 24.3 Å². The summed E-state index contributed by atoms with van der Waals surface area (Å²) in [5.41, 5.74) is 8.02. The molecule has 70 valence electrons. The Balaban J connectivity index is 2.16. The standard InChI is InChI=1S/C11H16N2/c1-13-6-5-10(8-13)9-3-2-4-11(12)7-9/h2-4,7,10H,5-6,8,12H2,1H3. The number of likely N-dealkylation sites (N-methyl/N-ethyl adjacent to an activating group) is 1. The summed E-state index contributed by atoms with van der Waals surface area (Å²) >= 11 is 0. The average molecular weight is 176 g/mol. The lowest BCUT2D eigenvalue weighted by Crippen LogP contribution is -2.13. The molecule has 1 fully saturated rings. The van der Waals surface area contributed by atoms with Gasteiger partial charge in [0.25, 0.3) is 0 Å². The van der Waals surface area contributed by atoms with E-state index in [1.807, 2.05) is 12.1 Å². The molecule has 1 aromatic carbocycles. The van der Waals surface area contributed by atoms with Gasteiger partial charge < -0.3 is 10.6 Å². The lowest BCUT2D eigenvalue weighted by molar-refractivity contribution is 0.411. The van der Waals surface area contributed by atoms with Gasteiger partial charge in [0.2, 0.25) is 0 Å². The summed E-state index contributed by atoms with van der Waals surface area (Å²) in [7, 11) is 2.17. The Hall–Kier alpha value is -1.02. The quantitative estimate of drug-likeness (QED) is 0.660. The van der Waals surface area contributed by atoms with E-state index >= 15 is 0 Å². The molecule has 1 aromatic rings. The number of benzene rings is 1. The van der Waals surface area contributed by atoms with Crippen molar-refractivity contribution < 1.29 is 0 Å². The van der Waals surface area contributed by atoms with Crippen molar-refractivity contribution >= 4 is 5.69 Å². The summed E-state index contributed by atoms with van der Waals surface area (Å²) in [4.78, 5) is 2.37. The maximum Gasteiger partial charge on any atom is 0.0316 e. The van der Waals surface area contributed by atoms with Gasteiger partial charge in [0.15, 0.2) is 0 Å². The van der Waals surface area contributed by atoms with Gasteiger partial charge in [-0.15, -0.1) is 0 Å². The smallest absolute Gasteiger partial charge is 0.0316 e. The number of hydrogen-bond donors (Lipinski definition) is 1. The normalized spacial score (nSPS) is 23.6. The van der Waals surface area contributed by atoms with Gasteiger partial charge in [-0.2, -0.15) is 0 Å². The second kappa shape index (κ2) is 3.38. The maximum absolute atomic E-state index is 5.75. The molecule has 1 aliphatic heterocycles. The van der Waals surface area contributed by atoms with Gasteiger partial charge in [-0.05, 0) is 43.6 Å². The molecule has 2 nitrogen and oxygen atoms in total. The van der Waals surface area contributed by atoms with E-state index in [0.29, 0.717) is 5.92 Å². The maximum atomic E-state index is 5.75. The van der Waals surface area contributed by atoms with Crippen LogP contribution in [0.1, 0.15) is 17.9 Å². The average Bonchev–Trinajstić information content (AvgIpc) is 2.52. The van der Waals surface area contributed by atoms with Gasteiger partial charge in [0.05, 0.1) is 0 Å². The zero-order valence-corrected chi connectivity index (χ0v) is 8.03. The molecule has 0 radical (unpaired) electrons. The third-order valence-electron chi connectivity index (χ3n) is 2.77. The Morgan fingerprint density at radius 2 is 2.31 bits per heavy atom. The summed E-state index contributed by atoms with van der Waals surface area (Å²) in [5, 5.41) is 0. The van der Waals surface area contributed by atoms with Crippen LogP contribution in [0.4, 0.5) is 5.69 Å². The lowest BCUT2D eigenvalue weighted by atomic mass is 9.98. The van der Waals surface area contributed by atoms with Gasteiger partial charge in [-0.25, -0.2) is 0 Å². The molecule has 1 unspecified atom stereocenters. The molecule has 2 heteroatoms. The largest absolute Gasteiger partial charge is 0.399 e. The Bertz CT molecular complexity index is 296. The van der Waals surface area contributed by atoms with Crippen LogP contribution in [0.5, 0.6) is 0 Å². The minimum Gasteiger partial charge on any atom is -0.399 e. The van der Waals surface area contributed by atoms with E-state index in [9.17, 15) is 0 Å². The first kappa shape index (κ1) is 8.57. The van der Waals surface area contributed by atoms with E-state index < -0.39 is 0 Å². The Morgan fingerprint density at radius 1 is 1.46 bits per heavy atom. The first-order chi connectivity index (χ1) is 6.25. The Morgan fingerprint density at radius 3 is 2.92 bits per heavy atom. The summed E-state index contributed by atoms with van der Waals surface area (Å²) in [6.45, 7) is 2.38. The van der Waals surface area contributed by atoms with E-state index in [-0.39, 0.29) is 0 Å². The molecular weight excluding hydrogens is 160 g/mol. The van der Waals surface area contributed by atoms with Crippen molar-refractivity contribution in [3.05, 3.63) is 29.8 Å². The fourth-order valence-electron chi connectivity index (χ4n) is 2.02. The van der Waals surface area contributed by atoms with E-state index in [1.54, 1.807) is 0 Å². The highest BCUT2D eigenvalue weighted by Gasteiger charge is 2.20. The first-order valence-corrected chi connectivity index (χ1v) is 4.79. The van der Waals surface area contributed by atoms with Crippen LogP contribution < -0.4 is 5.73 Å². The van der Waals surface area contributed by atoms with E-state index in [2.05, 4.69) is 24.1 Å². The van der Waals surface area contributed by atoms with Gasteiger partial charge in [-0.3, -0.25) is 0 Å². The second-order valence-corrected chi connectivity index (χ2v) is 3.92. The molecule has 1 atom stereocenters. The zero-order valence-electron chi connectivity index (χ0n) is 8.03. The number of rotatable bonds is 1. The molecule has 2 rings (SSSR count). The van der Waals surface area contributed by atoms with Crippen LogP contribution in [0, 0.1) is 0 Å². The predicted molar refractivity (Wildman–Crippen MR) is 55.7 cm³/mol. The highest BCUT2D eigenvalue weighted by molar-refractivity contribution is 5.42. The molecule has 0 spiro atoms. The highest BCUT2D eigenvalue weighted by atomic mass is 15.1. The third-order valence-corrected chi connectivity index (χ3v) is 2.77. The summed E-state index contributed by atoms with van der Waals surface area (Å²) in [5.74, 6) is 0.688. The summed E-state index contributed by atoms with van der Waals surface area (Å²) in [6.07, 6.45) is 1.26. The minimum absolute atomic E-state index is 0.688. The fraction of sp³-hybridized carbons (Fsp3) is 0.455. The topological polar surface area (TPSA) is 29.3 Å². The van der Waals surface area contributed by atoms with Gasteiger partial charge in [0, 0.05) is 12.2 Å². The van der Waals surface area contributed by atoms with Crippen molar-refractivity contribution in [1.29, 1.82) is 0 Å². The zero-order chi connectivity index (χ0) is 9.26. The van der Waals surface area contributed by atoms with Crippen LogP contribution in [-0.2, 0) is 0 Å². The van der Waals surface area contributed by atoms with E-state index in [4.69, 9.17) is 5.73 Å². The van der Waals surface area contributed by atoms with E-state index in [1.165, 1.54) is 25.1 Å². The molecule has 1 heterocycles. The first-order valence-electron chi connectivity index (χ1n) is 4.79. The number of nitrogens with two attached hydrogens (primary N) is 1. The van der Waals surface area contributed by atoms with Crippen LogP contribution in [0.3, 0.4) is 0 Å². The number of likely N-dealkylation sites (tertiary alicyclic amines) is 1. The predicted octanol–water partition coefficient (Wildman–Crippen LogP) is 1.69. The van der Waals surface area contributed by atoms with Crippen molar-refractivity contribution in [2.45, 2.75) is 12.3 Å². The monoisotopic (exact) mass is 176 g/mol. The molecule has 2 N–H and O–H groups in total. The Kier molecular flexibility index (Phi) is 2.23. The minimum atomic E-state index is 0.688. The third kappa shape index (κ3) is 1.83. The molecular formula is C11H16N2. The number of nitrogens with zero attached hydrogens (tertiary/aromatic N) is 1.